The highest BCUT2D eigenvalue weighted by molar-refractivity contribution is 8.03. The Labute approximate surface area is 136 Å². The predicted octanol–water partition coefficient (Wildman–Crippen LogP) is 4.03. The quantitative estimate of drug-likeness (QED) is 0.761. The number of thioether (sulfide) groups is 1. The topological polar surface area (TPSA) is 49.8 Å². The molecule has 4 nitrogen and oxygen atoms in total. The van der Waals surface area contributed by atoms with Gasteiger partial charge < -0.3 is 10.6 Å². The molecule has 6 heteroatoms. The van der Waals surface area contributed by atoms with Gasteiger partial charge in [-0.05, 0) is 36.1 Å². The van der Waals surface area contributed by atoms with E-state index in [4.69, 9.17) is 4.98 Å². The first-order valence-electron chi connectivity index (χ1n) is 6.95. The van der Waals surface area contributed by atoms with Gasteiger partial charge in [-0.2, -0.15) is 0 Å². The number of nitrogens with one attached hydrogen (secondary N) is 2. The summed E-state index contributed by atoms with van der Waals surface area (Å²) in [6.07, 6.45) is 3.65. The lowest BCUT2D eigenvalue weighted by Crippen LogP contribution is -2.27. The summed E-state index contributed by atoms with van der Waals surface area (Å²) in [6.45, 7) is 2.09. The number of hydrogen-bond acceptors (Lipinski definition) is 6. The largest absolute Gasteiger partial charge is 0.356 e. The highest BCUT2D eigenvalue weighted by Gasteiger charge is 2.19. The maximum Gasteiger partial charge on any atom is 0.186 e. The first kappa shape index (κ1) is 13.6. The fraction of sp³-hybridized carbons (Fsp3) is 0.125. The van der Waals surface area contributed by atoms with Gasteiger partial charge >= 0.3 is 0 Å². The van der Waals surface area contributed by atoms with Crippen LogP contribution in [0.4, 0.5) is 5.13 Å². The first-order chi connectivity index (χ1) is 10.8. The van der Waals surface area contributed by atoms with Crippen LogP contribution in [-0.2, 0) is 0 Å². The van der Waals surface area contributed by atoms with E-state index in [1.807, 2.05) is 12.3 Å². The number of rotatable bonds is 3. The highest BCUT2D eigenvalue weighted by Crippen LogP contribution is 2.32. The van der Waals surface area contributed by atoms with Gasteiger partial charge in [-0.3, -0.25) is 4.98 Å². The minimum Gasteiger partial charge on any atom is -0.356 e. The summed E-state index contributed by atoms with van der Waals surface area (Å²) >= 11 is 3.39. The molecule has 0 amide bonds. The second-order valence-corrected chi connectivity index (χ2v) is 7.03. The molecule has 0 radical (unpaired) electrons. The molecule has 0 saturated carbocycles. The van der Waals surface area contributed by atoms with Crippen LogP contribution in [0.3, 0.4) is 0 Å². The molecule has 2 N–H and O–H groups in total. The molecule has 0 aliphatic carbocycles. The van der Waals surface area contributed by atoms with E-state index in [1.54, 1.807) is 29.3 Å². The SMILES string of the molecule is Cc1cccc2sc(NC3NC(c4cccnc4)=CS3)nc12. The van der Waals surface area contributed by atoms with Crippen molar-refractivity contribution in [2.45, 2.75) is 12.4 Å². The second-order valence-electron chi connectivity index (χ2n) is 5.02. The van der Waals surface area contributed by atoms with Crippen LogP contribution in [-0.4, -0.2) is 15.5 Å². The zero-order valence-corrected chi connectivity index (χ0v) is 13.5. The molecule has 1 aliphatic rings. The molecule has 0 fully saturated rings. The Morgan fingerprint density at radius 3 is 3.00 bits per heavy atom. The van der Waals surface area contributed by atoms with Crippen molar-refractivity contribution in [3.05, 3.63) is 59.3 Å². The second kappa shape index (κ2) is 5.62. The Kier molecular flexibility index (Phi) is 3.48. The van der Waals surface area contributed by atoms with Crippen LogP contribution >= 0.6 is 23.1 Å². The first-order valence-corrected chi connectivity index (χ1v) is 8.71. The van der Waals surface area contributed by atoms with Gasteiger partial charge in [0.15, 0.2) is 10.6 Å². The number of fused-ring (bicyclic) bond motifs is 1. The van der Waals surface area contributed by atoms with Crippen molar-refractivity contribution in [2.24, 2.45) is 0 Å². The number of aromatic nitrogens is 2. The fourth-order valence-electron chi connectivity index (χ4n) is 2.35. The van der Waals surface area contributed by atoms with Gasteiger partial charge in [0.1, 0.15) is 0 Å². The Hall–Kier alpha value is -2.05. The fourth-order valence-corrected chi connectivity index (χ4v) is 4.25. The van der Waals surface area contributed by atoms with Crippen molar-refractivity contribution in [1.82, 2.24) is 15.3 Å². The van der Waals surface area contributed by atoms with E-state index in [0.29, 0.717) is 0 Å². The van der Waals surface area contributed by atoms with Gasteiger partial charge in [-0.15, -0.1) is 0 Å². The molecule has 0 spiro atoms. The van der Waals surface area contributed by atoms with Crippen LogP contribution in [0.15, 0.2) is 48.1 Å². The minimum absolute atomic E-state index is 0.0936. The minimum atomic E-state index is 0.0936. The number of nitrogens with zero attached hydrogens (tertiary/aromatic N) is 2. The molecule has 0 bridgehead atoms. The zero-order valence-electron chi connectivity index (χ0n) is 11.9. The van der Waals surface area contributed by atoms with Gasteiger partial charge in [0.05, 0.1) is 15.9 Å². The monoisotopic (exact) mass is 326 g/mol. The van der Waals surface area contributed by atoms with E-state index >= 15 is 0 Å². The van der Waals surface area contributed by atoms with Crippen molar-refractivity contribution in [2.75, 3.05) is 5.32 Å². The lowest BCUT2D eigenvalue weighted by atomic mass is 10.2. The van der Waals surface area contributed by atoms with Crippen molar-refractivity contribution >= 4 is 44.1 Å². The molecule has 1 aliphatic heterocycles. The van der Waals surface area contributed by atoms with Crippen LogP contribution in [0.5, 0.6) is 0 Å². The lowest BCUT2D eigenvalue weighted by Gasteiger charge is -2.13. The summed E-state index contributed by atoms with van der Waals surface area (Å²) in [5.74, 6) is 0. The summed E-state index contributed by atoms with van der Waals surface area (Å²) < 4.78 is 1.21. The summed E-state index contributed by atoms with van der Waals surface area (Å²) in [7, 11) is 0. The normalized spacial score (nSPS) is 17.3. The van der Waals surface area contributed by atoms with E-state index in [0.717, 1.165) is 21.9 Å². The molecular weight excluding hydrogens is 312 g/mol. The average Bonchev–Trinajstić information content (AvgIpc) is 3.16. The Bertz CT molecular complexity index is 842. The van der Waals surface area contributed by atoms with Crippen molar-refractivity contribution in [1.29, 1.82) is 0 Å². The number of thiazole rings is 1. The number of benzene rings is 1. The number of pyridine rings is 1. The molecule has 1 unspecified atom stereocenters. The Morgan fingerprint density at radius 2 is 2.18 bits per heavy atom. The van der Waals surface area contributed by atoms with Gasteiger partial charge in [-0.1, -0.05) is 35.2 Å². The molecule has 2 aromatic heterocycles. The zero-order chi connectivity index (χ0) is 14.9. The van der Waals surface area contributed by atoms with Gasteiger partial charge in [0.2, 0.25) is 0 Å². The highest BCUT2D eigenvalue weighted by atomic mass is 32.2. The Morgan fingerprint density at radius 1 is 1.23 bits per heavy atom. The van der Waals surface area contributed by atoms with E-state index in [9.17, 15) is 0 Å². The van der Waals surface area contributed by atoms with E-state index in [1.165, 1.54) is 10.3 Å². The number of hydrogen-bond donors (Lipinski definition) is 2. The predicted molar refractivity (Wildman–Crippen MR) is 94.7 cm³/mol. The van der Waals surface area contributed by atoms with Crippen molar-refractivity contribution in [3.8, 4) is 0 Å². The summed E-state index contributed by atoms with van der Waals surface area (Å²) in [5.41, 5.74) is 4.57. The molecule has 110 valence electrons. The molecule has 4 rings (SSSR count). The smallest absolute Gasteiger partial charge is 0.186 e. The maximum absolute atomic E-state index is 4.69. The van der Waals surface area contributed by atoms with Crippen LogP contribution in [0.2, 0.25) is 0 Å². The van der Waals surface area contributed by atoms with E-state index in [2.05, 4.69) is 52.2 Å². The molecule has 0 saturated heterocycles. The number of para-hydroxylation sites is 1. The maximum atomic E-state index is 4.69. The molecular formula is C16H14N4S2. The number of anilines is 1. The summed E-state index contributed by atoms with van der Waals surface area (Å²) in [6, 6.07) is 10.3. The van der Waals surface area contributed by atoms with Gasteiger partial charge in [0.25, 0.3) is 0 Å². The number of aryl methyl sites for hydroxylation is 1. The third-order valence-electron chi connectivity index (χ3n) is 3.46. The lowest BCUT2D eigenvalue weighted by molar-refractivity contribution is 0.902. The summed E-state index contributed by atoms with van der Waals surface area (Å²) in [5, 5.41) is 9.96. The van der Waals surface area contributed by atoms with Crippen LogP contribution < -0.4 is 10.6 Å². The third-order valence-corrected chi connectivity index (χ3v) is 5.29. The third kappa shape index (κ3) is 2.55. The van der Waals surface area contributed by atoms with E-state index in [-0.39, 0.29) is 5.50 Å². The molecule has 3 heterocycles. The van der Waals surface area contributed by atoms with Crippen LogP contribution in [0.1, 0.15) is 11.1 Å². The molecule has 1 atom stereocenters. The van der Waals surface area contributed by atoms with Gasteiger partial charge in [0, 0.05) is 18.0 Å². The molecule has 1 aromatic carbocycles. The van der Waals surface area contributed by atoms with Crippen LogP contribution in [0.25, 0.3) is 15.9 Å². The average molecular weight is 326 g/mol. The standard InChI is InChI=1S/C16H14N4S2/c1-10-4-2-6-13-14(10)19-16(22-13)20-15-18-12(9-21-15)11-5-3-7-17-8-11/h2-9,15,18H,1H3,(H,19,20). The van der Waals surface area contributed by atoms with Crippen molar-refractivity contribution < 1.29 is 0 Å². The molecule has 3 aromatic rings. The van der Waals surface area contributed by atoms with Crippen LogP contribution in [0, 0.1) is 6.92 Å². The van der Waals surface area contributed by atoms with Crippen molar-refractivity contribution in [3.63, 3.8) is 0 Å². The van der Waals surface area contributed by atoms with Gasteiger partial charge in [-0.25, -0.2) is 4.98 Å². The van der Waals surface area contributed by atoms with E-state index < -0.39 is 0 Å². The molecule has 22 heavy (non-hydrogen) atoms. The Balaban J connectivity index is 1.50. The summed E-state index contributed by atoms with van der Waals surface area (Å²) in [4.78, 5) is 8.85.